The van der Waals surface area contributed by atoms with E-state index >= 15 is 0 Å². The van der Waals surface area contributed by atoms with Crippen molar-refractivity contribution in [3.63, 3.8) is 0 Å². The van der Waals surface area contributed by atoms with Gasteiger partial charge in [0.15, 0.2) is 0 Å². The minimum Gasteiger partial charge on any atom is -0.469 e. The maximum atomic E-state index is 11.3. The lowest BCUT2D eigenvalue weighted by atomic mass is 9.94. The molecular weight excluding hydrogens is 244 g/mol. The lowest BCUT2D eigenvalue weighted by Gasteiger charge is -2.19. The Bertz CT molecular complexity index is 286. The SMILES string of the molecule is COC(=O)[C@H](C)[C@H](O)C[C@@H](C)/C=C/C[C@H](O)C(C)C. The van der Waals surface area contributed by atoms with Crippen molar-refractivity contribution in [2.45, 2.75) is 52.7 Å². The molecule has 0 unspecified atom stereocenters. The first kappa shape index (κ1) is 18.1. The molecule has 19 heavy (non-hydrogen) atoms. The molecule has 0 aromatic rings. The van der Waals surface area contributed by atoms with Crippen molar-refractivity contribution < 1.29 is 19.7 Å². The third kappa shape index (κ3) is 7.33. The molecule has 0 spiro atoms. The van der Waals surface area contributed by atoms with E-state index in [4.69, 9.17) is 0 Å². The lowest BCUT2D eigenvalue weighted by Crippen LogP contribution is -2.28. The average Bonchev–Trinajstić information content (AvgIpc) is 2.36. The lowest BCUT2D eigenvalue weighted by molar-refractivity contribution is -0.148. The molecule has 0 heterocycles. The Labute approximate surface area is 116 Å². The van der Waals surface area contributed by atoms with Crippen LogP contribution in [-0.2, 0) is 9.53 Å². The number of aliphatic hydroxyl groups is 2. The van der Waals surface area contributed by atoms with Gasteiger partial charge in [-0.2, -0.15) is 0 Å². The van der Waals surface area contributed by atoms with E-state index in [0.29, 0.717) is 12.8 Å². The highest BCUT2D eigenvalue weighted by atomic mass is 16.5. The van der Waals surface area contributed by atoms with Crippen LogP contribution in [0.15, 0.2) is 12.2 Å². The van der Waals surface area contributed by atoms with Crippen molar-refractivity contribution in [1.29, 1.82) is 0 Å². The summed E-state index contributed by atoms with van der Waals surface area (Å²) in [6, 6.07) is 0. The summed E-state index contributed by atoms with van der Waals surface area (Å²) in [5, 5.41) is 19.6. The zero-order valence-corrected chi connectivity index (χ0v) is 12.7. The van der Waals surface area contributed by atoms with E-state index in [0.717, 1.165) is 0 Å². The van der Waals surface area contributed by atoms with Gasteiger partial charge in [0.1, 0.15) is 0 Å². The molecule has 0 aromatic heterocycles. The van der Waals surface area contributed by atoms with Crippen molar-refractivity contribution in [3.8, 4) is 0 Å². The first-order valence-electron chi connectivity index (χ1n) is 6.90. The van der Waals surface area contributed by atoms with Crippen molar-refractivity contribution in [1.82, 2.24) is 0 Å². The van der Waals surface area contributed by atoms with E-state index in [1.807, 2.05) is 32.9 Å². The molecule has 0 bridgehead atoms. The van der Waals surface area contributed by atoms with Crippen molar-refractivity contribution >= 4 is 5.97 Å². The largest absolute Gasteiger partial charge is 0.469 e. The third-order valence-electron chi connectivity index (χ3n) is 3.38. The van der Waals surface area contributed by atoms with Gasteiger partial charge in [0.05, 0.1) is 25.2 Å². The third-order valence-corrected chi connectivity index (χ3v) is 3.38. The van der Waals surface area contributed by atoms with Crippen LogP contribution in [0.1, 0.15) is 40.5 Å². The maximum Gasteiger partial charge on any atom is 0.311 e. The van der Waals surface area contributed by atoms with E-state index in [9.17, 15) is 15.0 Å². The highest BCUT2D eigenvalue weighted by molar-refractivity contribution is 5.72. The van der Waals surface area contributed by atoms with Crippen LogP contribution in [0, 0.1) is 17.8 Å². The van der Waals surface area contributed by atoms with Gasteiger partial charge in [-0.25, -0.2) is 0 Å². The monoisotopic (exact) mass is 272 g/mol. The molecule has 0 rings (SSSR count). The minimum atomic E-state index is -0.706. The summed E-state index contributed by atoms with van der Waals surface area (Å²) >= 11 is 0. The van der Waals surface area contributed by atoms with Gasteiger partial charge in [0, 0.05) is 0 Å². The fraction of sp³-hybridized carbons (Fsp3) is 0.800. The number of hydrogen-bond donors (Lipinski definition) is 2. The number of carbonyl (C=O) groups excluding carboxylic acids is 1. The molecule has 0 saturated heterocycles. The first-order valence-corrected chi connectivity index (χ1v) is 6.90. The molecule has 4 heteroatoms. The van der Waals surface area contributed by atoms with Gasteiger partial charge < -0.3 is 14.9 Å². The Hall–Kier alpha value is -0.870. The molecule has 112 valence electrons. The Morgan fingerprint density at radius 2 is 1.74 bits per heavy atom. The van der Waals surface area contributed by atoms with Gasteiger partial charge in [-0.3, -0.25) is 4.79 Å². The van der Waals surface area contributed by atoms with Crippen LogP contribution in [0.25, 0.3) is 0 Å². The molecule has 0 radical (unpaired) electrons. The molecule has 0 aromatic carbocycles. The smallest absolute Gasteiger partial charge is 0.311 e. The molecule has 0 fully saturated rings. The normalized spacial score (nSPS) is 18.3. The van der Waals surface area contributed by atoms with E-state index < -0.39 is 12.0 Å². The van der Waals surface area contributed by atoms with Crippen molar-refractivity contribution in [2.75, 3.05) is 7.11 Å². The molecule has 4 atom stereocenters. The topological polar surface area (TPSA) is 66.8 Å². The number of esters is 1. The van der Waals surface area contributed by atoms with Crippen LogP contribution in [0.5, 0.6) is 0 Å². The standard InChI is InChI=1S/C15H28O4/c1-10(2)13(16)8-6-7-11(3)9-14(17)12(4)15(18)19-5/h6-7,10-14,16-17H,8-9H2,1-5H3/b7-6+/t11-,12+,13-,14+/m0/s1. The number of ether oxygens (including phenoxy) is 1. The van der Waals surface area contributed by atoms with E-state index in [1.165, 1.54) is 7.11 Å². The van der Waals surface area contributed by atoms with Crippen LogP contribution >= 0.6 is 0 Å². The fourth-order valence-corrected chi connectivity index (χ4v) is 1.73. The molecule has 0 amide bonds. The predicted molar refractivity (Wildman–Crippen MR) is 75.6 cm³/mol. The summed E-state index contributed by atoms with van der Waals surface area (Å²) in [6.07, 6.45) is 3.99. The Kier molecular flexibility index (Phi) is 8.68. The van der Waals surface area contributed by atoms with Gasteiger partial charge in [-0.15, -0.1) is 0 Å². The fourth-order valence-electron chi connectivity index (χ4n) is 1.73. The molecule has 0 aliphatic carbocycles. The molecule has 0 aliphatic rings. The average molecular weight is 272 g/mol. The Morgan fingerprint density at radius 3 is 2.21 bits per heavy atom. The van der Waals surface area contributed by atoms with E-state index in [-0.39, 0.29) is 23.9 Å². The molecule has 0 aliphatic heterocycles. The minimum absolute atomic E-state index is 0.154. The highest BCUT2D eigenvalue weighted by Crippen LogP contribution is 2.16. The van der Waals surface area contributed by atoms with E-state index in [2.05, 4.69) is 4.74 Å². The summed E-state index contributed by atoms with van der Waals surface area (Å²) in [6.45, 7) is 7.59. The summed E-state index contributed by atoms with van der Waals surface area (Å²) < 4.78 is 4.60. The highest BCUT2D eigenvalue weighted by Gasteiger charge is 2.23. The maximum absolute atomic E-state index is 11.3. The second-order valence-corrected chi connectivity index (χ2v) is 5.57. The van der Waals surface area contributed by atoms with Gasteiger partial charge in [0.2, 0.25) is 0 Å². The summed E-state index contributed by atoms with van der Waals surface area (Å²) in [7, 11) is 1.32. The number of hydrogen-bond acceptors (Lipinski definition) is 4. The van der Waals surface area contributed by atoms with E-state index in [1.54, 1.807) is 6.92 Å². The second-order valence-electron chi connectivity index (χ2n) is 5.57. The zero-order valence-electron chi connectivity index (χ0n) is 12.7. The Morgan fingerprint density at radius 1 is 1.16 bits per heavy atom. The Balaban J connectivity index is 4.13. The van der Waals surface area contributed by atoms with Crippen LogP contribution < -0.4 is 0 Å². The number of rotatable bonds is 8. The molecule has 4 nitrogen and oxygen atoms in total. The molecule has 0 saturated carbocycles. The van der Waals surface area contributed by atoms with Crippen LogP contribution in [0.4, 0.5) is 0 Å². The van der Waals surface area contributed by atoms with Crippen LogP contribution in [0.3, 0.4) is 0 Å². The van der Waals surface area contributed by atoms with Crippen molar-refractivity contribution in [3.05, 3.63) is 12.2 Å². The second kappa shape index (κ2) is 9.10. The van der Waals surface area contributed by atoms with Gasteiger partial charge in [-0.1, -0.05) is 32.9 Å². The van der Waals surface area contributed by atoms with Gasteiger partial charge >= 0.3 is 5.97 Å². The van der Waals surface area contributed by atoms with Crippen LogP contribution in [-0.4, -0.2) is 35.5 Å². The quantitative estimate of drug-likeness (QED) is 0.525. The number of carbonyl (C=O) groups is 1. The summed E-state index contributed by atoms with van der Waals surface area (Å²) in [4.78, 5) is 11.3. The van der Waals surface area contributed by atoms with Gasteiger partial charge in [0.25, 0.3) is 0 Å². The summed E-state index contributed by atoms with van der Waals surface area (Å²) in [5.74, 6) is -0.507. The zero-order chi connectivity index (χ0) is 15.0. The predicted octanol–water partition coefficient (Wildman–Crippen LogP) is 2.15. The van der Waals surface area contributed by atoms with Gasteiger partial charge in [-0.05, 0) is 31.6 Å². The number of allylic oxidation sites excluding steroid dienone is 1. The first-order chi connectivity index (χ1) is 8.79. The number of aliphatic hydroxyl groups excluding tert-OH is 2. The molecule has 2 N–H and O–H groups in total. The van der Waals surface area contributed by atoms with Crippen LogP contribution in [0.2, 0.25) is 0 Å². The summed E-state index contributed by atoms with van der Waals surface area (Å²) in [5.41, 5.74) is 0. The number of methoxy groups -OCH3 is 1. The van der Waals surface area contributed by atoms with Crippen molar-refractivity contribution in [2.24, 2.45) is 17.8 Å². The molecular formula is C15H28O4.